The predicted octanol–water partition coefficient (Wildman–Crippen LogP) is 0.902. The number of benzene rings is 1. The van der Waals surface area contributed by atoms with Crippen LogP contribution in [0.25, 0.3) is 0 Å². The highest BCUT2D eigenvalue weighted by molar-refractivity contribution is 7.89. The van der Waals surface area contributed by atoms with Crippen LogP contribution in [0.1, 0.15) is 12.5 Å². The van der Waals surface area contributed by atoms with Crippen molar-refractivity contribution in [3.05, 3.63) is 23.8 Å². The highest BCUT2D eigenvalue weighted by Gasteiger charge is 2.33. The maximum atomic E-state index is 12.7. The first-order chi connectivity index (χ1) is 8.82. The maximum Gasteiger partial charge on any atom is 0.245 e. The minimum absolute atomic E-state index is 0.0375. The van der Waals surface area contributed by atoms with Crippen molar-refractivity contribution in [2.24, 2.45) is 0 Å². The lowest BCUT2D eigenvalue weighted by molar-refractivity contribution is 0.170. The van der Waals surface area contributed by atoms with E-state index in [9.17, 15) is 8.42 Å². The van der Waals surface area contributed by atoms with E-state index >= 15 is 0 Å². The molecule has 0 amide bonds. The molecule has 19 heavy (non-hydrogen) atoms. The first kappa shape index (κ1) is 14.3. The Bertz CT molecular complexity index is 571. The average Bonchev–Trinajstić information content (AvgIpc) is 2.27. The number of hydrogen-bond acceptors (Lipinski definition) is 4. The van der Waals surface area contributed by atoms with E-state index in [4.69, 9.17) is 5.73 Å². The summed E-state index contributed by atoms with van der Waals surface area (Å²) in [5.74, 6) is 0. The zero-order valence-corrected chi connectivity index (χ0v) is 12.4. The van der Waals surface area contributed by atoms with Crippen LogP contribution in [-0.4, -0.2) is 50.3 Å². The summed E-state index contributed by atoms with van der Waals surface area (Å²) in [5.41, 5.74) is 7.16. The maximum absolute atomic E-state index is 12.7. The van der Waals surface area contributed by atoms with Crippen molar-refractivity contribution in [1.29, 1.82) is 0 Å². The van der Waals surface area contributed by atoms with Gasteiger partial charge in [-0.2, -0.15) is 4.31 Å². The Balaban J connectivity index is 2.37. The molecule has 0 radical (unpaired) electrons. The molecule has 1 saturated heterocycles. The average molecular weight is 283 g/mol. The van der Waals surface area contributed by atoms with Gasteiger partial charge in [-0.05, 0) is 38.6 Å². The minimum atomic E-state index is -3.50. The third kappa shape index (κ3) is 2.75. The summed E-state index contributed by atoms with van der Waals surface area (Å²) in [6, 6.07) is 5.05. The predicted molar refractivity (Wildman–Crippen MR) is 76.4 cm³/mol. The van der Waals surface area contributed by atoms with Crippen LogP contribution in [0.3, 0.4) is 0 Å². The summed E-state index contributed by atoms with van der Waals surface area (Å²) < 4.78 is 26.9. The van der Waals surface area contributed by atoms with Crippen LogP contribution in [0.5, 0.6) is 0 Å². The number of aryl methyl sites for hydroxylation is 1. The number of likely N-dealkylation sites (N-methyl/N-ethyl adjacent to an activating group) is 1. The van der Waals surface area contributed by atoms with Crippen LogP contribution < -0.4 is 5.73 Å². The van der Waals surface area contributed by atoms with Gasteiger partial charge in [0.25, 0.3) is 0 Å². The smallest absolute Gasteiger partial charge is 0.245 e. The molecule has 1 fully saturated rings. The first-order valence-corrected chi connectivity index (χ1v) is 7.83. The van der Waals surface area contributed by atoms with Crippen molar-refractivity contribution in [3.8, 4) is 0 Å². The van der Waals surface area contributed by atoms with Gasteiger partial charge in [0, 0.05) is 25.7 Å². The second-order valence-corrected chi connectivity index (χ2v) is 7.13. The van der Waals surface area contributed by atoms with Gasteiger partial charge in [0.05, 0.1) is 5.69 Å². The molecule has 1 aromatic rings. The lowest BCUT2D eigenvalue weighted by Crippen LogP contribution is -2.52. The van der Waals surface area contributed by atoms with Crippen LogP contribution >= 0.6 is 0 Å². The number of hydrogen-bond donors (Lipinski definition) is 1. The summed E-state index contributed by atoms with van der Waals surface area (Å²) in [7, 11) is -1.50. The van der Waals surface area contributed by atoms with Crippen molar-refractivity contribution in [1.82, 2.24) is 9.21 Å². The highest BCUT2D eigenvalue weighted by Crippen LogP contribution is 2.26. The number of sulfonamides is 1. The topological polar surface area (TPSA) is 66.6 Å². The van der Waals surface area contributed by atoms with Gasteiger partial charge in [-0.15, -0.1) is 0 Å². The Morgan fingerprint density at radius 2 is 2.00 bits per heavy atom. The second kappa shape index (κ2) is 5.11. The molecule has 1 aliphatic rings. The molecule has 0 bridgehead atoms. The van der Waals surface area contributed by atoms with E-state index < -0.39 is 10.0 Å². The number of nitrogens with two attached hydrogens (primary N) is 1. The van der Waals surface area contributed by atoms with Gasteiger partial charge in [0.1, 0.15) is 4.90 Å². The lowest BCUT2D eigenvalue weighted by Gasteiger charge is -2.37. The molecule has 1 atom stereocenters. The molecule has 1 heterocycles. The molecule has 5 nitrogen and oxygen atoms in total. The molecule has 0 aromatic heterocycles. The lowest BCUT2D eigenvalue weighted by atomic mass is 10.2. The Labute approximate surface area is 115 Å². The number of nitrogen functional groups attached to an aromatic ring is 1. The van der Waals surface area contributed by atoms with Gasteiger partial charge in [-0.25, -0.2) is 8.42 Å². The highest BCUT2D eigenvalue weighted by atomic mass is 32.2. The van der Waals surface area contributed by atoms with Crippen LogP contribution in [-0.2, 0) is 10.0 Å². The molecule has 106 valence electrons. The summed E-state index contributed by atoms with van der Waals surface area (Å²) in [6.07, 6.45) is 0. The van der Waals surface area contributed by atoms with Crippen LogP contribution in [0.15, 0.2) is 23.1 Å². The molecule has 1 aromatic carbocycles. The largest absolute Gasteiger partial charge is 0.398 e. The molecule has 0 spiro atoms. The summed E-state index contributed by atoms with van der Waals surface area (Å²) in [5, 5.41) is 0. The van der Waals surface area contributed by atoms with Gasteiger partial charge in [-0.3, -0.25) is 0 Å². The molecule has 0 saturated carbocycles. The number of rotatable bonds is 2. The molecule has 6 heteroatoms. The third-order valence-corrected chi connectivity index (χ3v) is 5.61. The zero-order valence-electron chi connectivity index (χ0n) is 11.6. The van der Waals surface area contributed by atoms with E-state index in [1.54, 1.807) is 22.5 Å². The zero-order chi connectivity index (χ0) is 14.2. The van der Waals surface area contributed by atoms with E-state index in [1.165, 1.54) is 0 Å². The Hall–Kier alpha value is -1.11. The van der Waals surface area contributed by atoms with Crippen LogP contribution in [0.2, 0.25) is 0 Å². The molecular weight excluding hydrogens is 262 g/mol. The molecule has 1 unspecified atom stereocenters. The molecule has 1 aliphatic heterocycles. The van der Waals surface area contributed by atoms with Gasteiger partial charge in [0.2, 0.25) is 10.0 Å². The van der Waals surface area contributed by atoms with E-state index in [0.29, 0.717) is 12.2 Å². The van der Waals surface area contributed by atoms with Crippen molar-refractivity contribution >= 4 is 15.7 Å². The Kier molecular flexibility index (Phi) is 3.85. The van der Waals surface area contributed by atoms with Crippen LogP contribution in [0, 0.1) is 6.92 Å². The van der Waals surface area contributed by atoms with Gasteiger partial charge >= 0.3 is 0 Å². The molecular formula is C13H21N3O2S. The number of anilines is 1. The van der Waals surface area contributed by atoms with E-state index in [0.717, 1.165) is 18.7 Å². The molecule has 2 N–H and O–H groups in total. The summed E-state index contributed by atoms with van der Waals surface area (Å²) in [4.78, 5) is 2.35. The number of piperazine rings is 1. The fourth-order valence-corrected chi connectivity index (χ4v) is 4.22. The Morgan fingerprint density at radius 3 is 2.58 bits per heavy atom. The third-order valence-electron chi connectivity index (χ3n) is 3.52. The van der Waals surface area contributed by atoms with Gasteiger partial charge in [0.15, 0.2) is 0 Å². The summed E-state index contributed by atoms with van der Waals surface area (Å²) >= 11 is 0. The van der Waals surface area contributed by atoms with Crippen LogP contribution in [0.4, 0.5) is 5.69 Å². The van der Waals surface area contributed by atoms with Crippen molar-refractivity contribution in [2.45, 2.75) is 24.8 Å². The van der Waals surface area contributed by atoms with Crippen molar-refractivity contribution in [3.63, 3.8) is 0 Å². The van der Waals surface area contributed by atoms with E-state index in [1.807, 2.05) is 20.9 Å². The number of nitrogens with zero attached hydrogens (tertiary/aromatic N) is 2. The second-order valence-electron chi connectivity index (χ2n) is 5.27. The SMILES string of the molecule is Cc1ccc(S(=O)(=O)N2CCN(C)CC2C)c(N)c1. The first-order valence-electron chi connectivity index (χ1n) is 6.39. The molecule has 2 rings (SSSR count). The van der Waals surface area contributed by atoms with E-state index in [-0.39, 0.29) is 10.9 Å². The molecule has 0 aliphatic carbocycles. The standard InChI is InChI=1S/C13H21N3O2S/c1-10-4-5-13(12(14)8-10)19(17,18)16-7-6-15(3)9-11(16)2/h4-5,8,11H,6-7,9,14H2,1-3H3. The fourth-order valence-electron chi connectivity index (χ4n) is 2.51. The minimum Gasteiger partial charge on any atom is -0.398 e. The van der Waals surface area contributed by atoms with Crippen molar-refractivity contribution < 1.29 is 8.42 Å². The quantitative estimate of drug-likeness (QED) is 0.819. The van der Waals surface area contributed by atoms with Crippen molar-refractivity contribution in [2.75, 3.05) is 32.4 Å². The monoisotopic (exact) mass is 283 g/mol. The van der Waals surface area contributed by atoms with Gasteiger partial charge in [-0.1, -0.05) is 6.07 Å². The van der Waals surface area contributed by atoms with E-state index in [2.05, 4.69) is 4.90 Å². The van der Waals surface area contributed by atoms with Gasteiger partial charge < -0.3 is 10.6 Å². The fraction of sp³-hybridized carbons (Fsp3) is 0.538. The summed E-state index contributed by atoms with van der Waals surface area (Å²) in [6.45, 7) is 5.82. The Morgan fingerprint density at radius 1 is 1.32 bits per heavy atom. The normalized spacial score (nSPS) is 22.6.